The van der Waals surface area contributed by atoms with Crippen LogP contribution in [0.5, 0.6) is 0 Å². The second-order valence-corrected chi connectivity index (χ2v) is 8.74. The van der Waals surface area contributed by atoms with Gasteiger partial charge in [0.15, 0.2) is 0 Å². The molecule has 0 radical (unpaired) electrons. The van der Waals surface area contributed by atoms with E-state index in [4.69, 9.17) is 0 Å². The van der Waals surface area contributed by atoms with E-state index in [2.05, 4.69) is 44.1 Å². The van der Waals surface area contributed by atoms with Crippen LogP contribution in [-0.2, 0) is 17.6 Å². The van der Waals surface area contributed by atoms with Crippen LogP contribution < -0.4 is 5.32 Å². The second kappa shape index (κ2) is 9.35. The summed E-state index contributed by atoms with van der Waals surface area (Å²) in [6, 6.07) is 2.80. The third-order valence-electron chi connectivity index (χ3n) is 5.04. The van der Waals surface area contributed by atoms with Gasteiger partial charge in [-0.1, -0.05) is 20.3 Å². The maximum absolute atomic E-state index is 12.4. The van der Waals surface area contributed by atoms with Crippen molar-refractivity contribution in [3.63, 3.8) is 0 Å². The quantitative estimate of drug-likeness (QED) is 0.723. The summed E-state index contributed by atoms with van der Waals surface area (Å²) in [5, 5.41) is 13.3. The molecule has 25 heavy (non-hydrogen) atoms. The van der Waals surface area contributed by atoms with Gasteiger partial charge in [0, 0.05) is 23.9 Å². The molecule has 0 saturated carbocycles. The molecule has 1 aliphatic carbocycles. The number of nitrogens with one attached hydrogen (secondary N) is 1. The van der Waals surface area contributed by atoms with Crippen molar-refractivity contribution in [2.24, 2.45) is 5.92 Å². The number of carbonyl (C=O) groups excluding carboxylic acids is 1. The largest absolute Gasteiger partial charge is 0.317 e. The number of nitrogens with zero attached hydrogens (tertiary/aromatic N) is 2. The number of fused-ring (bicyclic) bond motifs is 1. The molecule has 0 spiro atoms. The van der Waals surface area contributed by atoms with Gasteiger partial charge < -0.3 is 10.2 Å². The number of carbonyl (C=O) groups is 1. The van der Waals surface area contributed by atoms with Gasteiger partial charge in [-0.15, -0.1) is 11.3 Å². The Hall–Kier alpha value is -1.38. The van der Waals surface area contributed by atoms with E-state index in [-0.39, 0.29) is 5.91 Å². The maximum atomic E-state index is 12.4. The molecule has 138 valence electrons. The van der Waals surface area contributed by atoms with E-state index in [1.807, 2.05) is 0 Å². The Kier molecular flexibility index (Phi) is 7.46. The Bertz CT molecular complexity index is 630. The third kappa shape index (κ3) is 5.55. The van der Waals surface area contributed by atoms with Crippen LogP contribution in [0.15, 0.2) is 0 Å². The Morgan fingerprint density at radius 2 is 2.00 bits per heavy atom. The average Bonchev–Trinajstić information content (AvgIpc) is 2.72. The normalized spacial score (nSPS) is 15.6. The summed E-state index contributed by atoms with van der Waals surface area (Å²) in [7, 11) is 2.08. The van der Waals surface area contributed by atoms with Gasteiger partial charge in [-0.05, 0) is 57.6 Å². The number of aryl methyl sites for hydroxylation is 1. The fourth-order valence-electron chi connectivity index (χ4n) is 3.50. The summed E-state index contributed by atoms with van der Waals surface area (Å²) in [6.45, 7) is 7.40. The molecule has 5 heteroatoms. The molecule has 1 aromatic rings. The Labute approximate surface area is 156 Å². The van der Waals surface area contributed by atoms with Crippen LogP contribution in [0, 0.1) is 17.2 Å². The molecule has 1 aliphatic rings. The average molecular weight is 362 g/mol. The van der Waals surface area contributed by atoms with E-state index in [1.165, 1.54) is 23.3 Å². The highest BCUT2D eigenvalue weighted by Crippen LogP contribution is 2.37. The fourth-order valence-corrected chi connectivity index (χ4v) is 4.75. The first kappa shape index (κ1) is 19.9. The molecule has 0 aliphatic heterocycles. The Balaban J connectivity index is 1.94. The van der Waals surface area contributed by atoms with Crippen LogP contribution in [0.2, 0.25) is 0 Å². The van der Waals surface area contributed by atoms with E-state index in [1.54, 1.807) is 11.3 Å². The number of nitriles is 1. The Morgan fingerprint density at radius 1 is 1.28 bits per heavy atom. The van der Waals surface area contributed by atoms with Crippen molar-refractivity contribution in [3.8, 4) is 6.07 Å². The smallest absolute Gasteiger partial charge is 0.226 e. The molecule has 2 rings (SSSR count). The summed E-state index contributed by atoms with van der Waals surface area (Å²) in [4.78, 5) is 15.9. The number of rotatable bonds is 7. The minimum atomic E-state index is 0.0107. The maximum Gasteiger partial charge on any atom is 0.226 e. The lowest BCUT2D eigenvalue weighted by atomic mass is 10.0. The fraction of sp³-hybridized carbons (Fsp3) is 0.700. The summed E-state index contributed by atoms with van der Waals surface area (Å²) in [6.07, 6.45) is 7.17. The summed E-state index contributed by atoms with van der Waals surface area (Å²) >= 11 is 1.61. The van der Waals surface area contributed by atoms with Crippen molar-refractivity contribution in [2.45, 2.75) is 71.8 Å². The van der Waals surface area contributed by atoms with E-state index in [0.29, 0.717) is 23.9 Å². The molecule has 4 nitrogen and oxygen atoms in total. The van der Waals surface area contributed by atoms with Gasteiger partial charge in [0.2, 0.25) is 5.91 Å². The first-order valence-corrected chi connectivity index (χ1v) is 10.3. The third-order valence-corrected chi connectivity index (χ3v) is 6.25. The van der Waals surface area contributed by atoms with Gasteiger partial charge in [0.05, 0.1) is 5.56 Å². The lowest BCUT2D eigenvalue weighted by Gasteiger charge is -2.25. The topological polar surface area (TPSA) is 56.1 Å². The van der Waals surface area contributed by atoms with Crippen LogP contribution >= 0.6 is 11.3 Å². The van der Waals surface area contributed by atoms with E-state index in [0.717, 1.165) is 37.2 Å². The molecule has 1 heterocycles. The molecule has 0 fully saturated rings. The summed E-state index contributed by atoms with van der Waals surface area (Å²) < 4.78 is 0. The first-order valence-electron chi connectivity index (χ1n) is 9.47. The predicted octanol–water partition coefficient (Wildman–Crippen LogP) is 4.58. The number of anilines is 1. The minimum Gasteiger partial charge on any atom is -0.317 e. The van der Waals surface area contributed by atoms with E-state index < -0.39 is 0 Å². The second-order valence-electron chi connectivity index (χ2n) is 7.64. The highest BCUT2D eigenvalue weighted by molar-refractivity contribution is 7.16. The molecule has 1 aromatic heterocycles. The summed E-state index contributed by atoms with van der Waals surface area (Å²) in [5.74, 6) is 0.669. The van der Waals surface area contributed by atoms with Crippen molar-refractivity contribution in [1.29, 1.82) is 5.26 Å². The van der Waals surface area contributed by atoms with Crippen LogP contribution in [0.3, 0.4) is 0 Å². The zero-order valence-electron chi connectivity index (χ0n) is 16.0. The van der Waals surface area contributed by atoms with Crippen LogP contribution in [0.25, 0.3) is 0 Å². The standard InChI is InChI=1S/C20H31N3OS/c1-14(2)12-15(3)23(4)11-10-19(24)22-20-17(13-21)16-8-6-5-7-9-18(16)25-20/h14-15H,5-12H2,1-4H3,(H,22,24). The molecular weight excluding hydrogens is 330 g/mol. The van der Waals surface area contributed by atoms with Crippen molar-refractivity contribution >= 4 is 22.2 Å². The highest BCUT2D eigenvalue weighted by atomic mass is 32.1. The molecular formula is C20H31N3OS. The number of thiophene rings is 1. The lowest BCUT2D eigenvalue weighted by molar-refractivity contribution is -0.116. The molecule has 1 unspecified atom stereocenters. The van der Waals surface area contributed by atoms with Gasteiger partial charge in [-0.2, -0.15) is 5.26 Å². The van der Waals surface area contributed by atoms with Gasteiger partial charge in [0.25, 0.3) is 0 Å². The van der Waals surface area contributed by atoms with E-state index in [9.17, 15) is 10.1 Å². The van der Waals surface area contributed by atoms with Gasteiger partial charge in [0.1, 0.15) is 11.1 Å². The summed E-state index contributed by atoms with van der Waals surface area (Å²) in [5.41, 5.74) is 1.89. The van der Waals surface area contributed by atoms with Crippen molar-refractivity contribution < 1.29 is 4.79 Å². The van der Waals surface area contributed by atoms with Crippen LogP contribution in [0.1, 0.15) is 68.9 Å². The number of hydrogen-bond acceptors (Lipinski definition) is 4. The van der Waals surface area contributed by atoms with Crippen LogP contribution in [0.4, 0.5) is 5.00 Å². The lowest BCUT2D eigenvalue weighted by Crippen LogP contribution is -2.33. The molecule has 0 bridgehead atoms. The van der Waals surface area contributed by atoms with Gasteiger partial charge in [-0.3, -0.25) is 4.79 Å². The first-order chi connectivity index (χ1) is 11.9. The predicted molar refractivity (Wildman–Crippen MR) is 105 cm³/mol. The molecule has 0 aromatic carbocycles. The zero-order chi connectivity index (χ0) is 18.4. The zero-order valence-corrected chi connectivity index (χ0v) is 16.8. The van der Waals surface area contributed by atoms with Crippen molar-refractivity contribution in [3.05, 3.63) is 16.0 Å². The monoisotopic (exact) mass is 361 g/mol. The molecule has 0 saturated heterocycles. The van der Waals surface area contributed by atoms with Crippen molar-refractivity contribution in [2.75, 3.05) is 18.9 Å². The van der Waals surface area contributed by atoms with Gasteiger partial charge >= 0.3 is 0 Å². The van der Waals surface area contributed by atoms with E-state index >= 15 is 0 Å². The molecule has 1 N–H and O–H groups in total. The van der Waals surface area contributed by atoms with Crippen LogP contribution in [-0.4, -0.2) is 30.4 Å². The van der Waals surface area contributed by atoms with Gasteiger partial charge in [-0.25, -0.2) is 0 Å². The highest BCUT2D eigenvalue weighted by Gasteiger charge is 2.21. The Morgan fingerprint density at radius 3 is 2.68 bits per heavy atom. The SMILES string of the molecule is CC(C)CC(C)N(C)CCC(=O)Nc1sc2c(c1C#N)CCCCC2. The molecule has 1 atom stereocenters. The molecule has 1 amide bonds. The number of amides is 1. The number of hydrogen-bond donors (Lipinski definition) is 1. The van der Waals surface area contributed by atoms with Crippen molar-refractivity contribution in [1.82, 2.24) is 4.90 Å². The minimum absolute atomic E-state index is 0.0107.